The Morgan fingerprint density at radius 2 is 1.12 bits per heavy atom. The molecule has 0 spiro atoms. The molecule has 0 rings (SSSR count). The van der Waals surface area contributed by atoms with Gasteiger partial charge in [-0.1, -0.05) is 98.3 Å². The lowest BCUT2D eigenvalue weighted by molar-refractivity contribution is 0.261. The maximum atomic E-state index is 3.88. The van der Waals surface area contributed by atoms with Crippen LogP contribution in [0.1, 0.15) is 97.8 Å². The zero-order valence-electron chi connectivity index (χ0n) is 12.7. The fourth-order valence-electron chi connectivity index (χ4n) is 2.39. The molecule has 0 aromatic rings. The third-order valence-corrected chi connectivity index (χ3v) is 4.49. The molecule has 0 nitrogen and oxygen atoms in total. The summed E-state index contributed by atoms with van der Waals surface area (Å²) < 4.78 is 0. The van der Waals surface area contributed by atoms with E-state index in [2.05, 4.69) is 27.7 Å². The standard InChI is InChI=1S/C17H35/c1-5-8-9-10-11-12-13-14-15-16-17(4,6-2)7-3/h1,5-16H2,2-4H3. The Morgan fingerprint density at radius 1 is 0.706 bits per heavy atom. The van der Waals surface area contributed by atoms with Gasteiger partial charge >= 0.3 is 0 Å². The van der Waals surface area contributed by atoms with Gasteiger partial charge in [0, 0.05) is 0 Å². The molecule has 0 saturated carbocycles. The molecule has 0 N–H and O–H groups in total. The Morgan fingerprint density at radius 3 is 1.53 bits per heavy atom. The summed E-state index contributed by atoms with van der Waals surface area (Å²) in [5.74, 6) is 0. The monoisotopic (exact) mass is 239 g/mol. The Kier molecular flexibility index (Phi) is 11.1. The Balaban J connectivity index is 3.23. The highest BCUT2D eigenvalue weighted by molar-refractivity contribution is 4.70. The fourth-order valence-corrected chi connectivity index (χ4v) is 2.39. The number of rotatable bonds is 12. The Labute approximate surface area is 111 Å². The first-order valence-electron chi connectivity index (χ1n) is 7.97. The smallest absolute Gasteiger partial charge is 0.0331 e. The van der Waals surface area contributed by atoms with Crippen molar-refractivity contribution in [3.63, 3.8) is 0 Å². The van der Waals surface area contributed by atoms with Crippen LogP contribution in [0.3, 0.4) is 0 Å². The van der Waals surface area contributed by atoms with Gasteiger partial charge in [-0.05, 0) is 11.8 Å². The predicted octanol–water partition coefficient (Wildman–Crippen LogP) is 6.55. The summed E-state index contributed by atoms with van der Waals surface area (Å²) in [5, 5.41) is 0. The maximum Gasteiger partial charge on any atom is -0.0331 e. The highest BCUT2D eigenvalue weighted by Crippen LogP contribution is 2.31. The van der Waals surface area contributed by atoms with Gasteiger partial charge in [-0.25, -0.2) is 0 Å². The first kappa shape index (κ1) is 17.0. The quantitative estimate of drug-likeness (QED) is 0.339. The topological polar surface area (TPSA) is 0 Å². The molecule has 0 aliphatic carbocycles. The van der Waals surface area contributed by atoms with Crippen LogP contribution >= 0.6 is 0 Å². The molecule has 0 amide bonds. The SMILES string of the molecule is [CH2]CCCCCCCCCCC(C)(CC)CC. The molecule has 103 valence electrons. The van der Waals surface area contributed by atoms with E-state index in [1.165, 1.54) is 70.6 Å². The van der Waals surface area contributed by atoms with E-state index in [-0.39, 0.29) is 0 Å². The van der Waals surface area contributed by atoms with Crippen LogP contribution in [0.2, 0.25) is 0 Å². The van der Waals surface area contributed by atoms with E-state index in [0.29, 0.717) is 5.41 Å². The molecule has 0 heteroatoms. The minimum absolute atomic E-state index is 0.619. The molecular formula is C17H35. The van der Waals surface area contributed by atoms with Gasteiger partial charge in [0.15, 0.2) is 0 Å². The molecule has 0 saturated heterocycles. The third kappa shape index (κ3) is 9.68. The van der Waals surface area contributed by atoms with Crippen LogP contribution in [0, 0.1) is 12.3 Å². The van der Waals surface area contributed by atoms with Crippen molar-refractivity contribution >= 4 is 0 Å². The molecule has 0 aromatic heterocycles. The van der Waals surface area contributed by atoms with Crippen molar-refractivity contribution in [2.24, 2.45) is 5.41 Å². The molecule has 17 heavy (non-hydrogen) atoms. The van der Waals surface area contributed by atoms with Gasteiger partial charge in [-0.2, -0.15) is 0 Å². The summed E-state index contributed by atoms with van der Waals surface area (Å²) in [6.45, 7) is 11.0. The van der Waals surface area contributed by atoms with Gasteiger partial charge < -0.3 is 0 Å². The average molecular weight is 239 g/mol. The van der Waals surface area contributed by atoms with E-state index < -0.39 is 0 Å². The zero-order valence-corrected chi connectivity index (χ0v) is 12.7. The molecule has 0 aromatic carbocycles. The van der Waals surface area contributed by atoms with Crippen molar-refractivity contribution < 1.29 is 0 Å². The number of unbranched alkanes of at least 4 members (excludes halogenated alkanes) is 8. The first-order chi connectivity index (χ1) is 8.18. The first-order valence-corrected chi connectivity index (χ1v) is 7.97. The van der Waals surface area contributed by atoms with Gasteiger partial charge in [0.1, 0.15) is 0 Å². The van der Waals surface area contributed by atoms with Crippen molar-refractivity contribution in [2.75, 3.05) is 0 Å². The highest BCUT2D eigenvalue weighted by Gasteiger charge is 2.18. The normalized spacial score (nSPS) is 12.0. The summed E-state index contributed by atoms with van der Waals surface area (Å²) >= 11 is 0. The highest BCUT2D eigenvalue weighted by atomic mass is 14.2. The Hall–Kier alpha value is 0. The molecule has 0 bridgehead atoms. The van der Waals surface area contributed by atoms with E-state index in [4.69, 9.17) is 0 Å². The van der Waals surface area contributed by atoms with Crippen LogP contribution in [0.5, 0.6) is 0 Å². The number of hydrogen-bond acceptors (Lipinski definition) is 0. The van der Waals surface area contributed by atoms with Crippen LogP contribution in [-0.2, 0) is 0 Å². The van der Waals surface area contributed by atoms with Crippen molar-refractivity contribution in [3.05, 3.63) is 6.92 Å². The van der Waals surface area contributed by atoms with Crippen LogP contribution in [-0.4, -0.2) is 0 Å². The second-order valence-electron chi connectivity index (χ2n) is 5.95. The van der Waals surface area contributed by atoms with E-state index in [1.54, 1.807) is 0 Å². The van der Waals surface area contributed by atoms with Gasteiger partial charge in [-0.3, -0.25) is 0 Å². The van der Waals surface area contributed by atoms with E-state index in [1.807, 2.05) is 0 Å². The molecule has 0 heterocycles. The fraction of sp³-hybridized carbons (Fsp3) is 0.941. The molecule has 0 atom stereocenters. The summed E-state index contributed by atoms with van der Waals surface area (Å²) in [4.78, 5) is 0. The molecule has 0 aliphatic rings. The lowest BCUT2D eigenvalue weighted by Crippen LogP contribution is -2.13. The van der Waals surface area contributed by atoms with Gasteiger partial charge in [0.2, 0.25) is 0 Å². The van der Waals surface area contributed by atoms with E-state index in [9.17, 15) is 0 Å². The summed E-state index contributed by atoms with van der Waals surface area (Å²) in [7, 11) is 0. The largest absolute Gasteiger partial charge is 0.0649 e. The maximum absolute atomic E-state index is 3.88. The van der Waals surface area contributed by atoms with Gasteiger partial charge in [0.05, 0.1) is 0 Å². The average Bonchev–Trinajstić information content (AvgIpc) is 2.36. The zero-order chi connectivity index (χ0) is 13.0. The van der Waals surface area contributed by atoms with Crippen molar-refractivity contribution in [1.29, 1.82) is 0 Å². The minimum Gasteiger partial charge on any atom is -0.0649 e. The second kappa shape index (κ2) is 11.1. The molecule has 0 fully saturated rings. The van der Waals surface area contributed by atoms with Crippen molar-refractivity contribution in [3.8, 4) is 0 Å². The van der Waals surface area contributed by atoms with Crippen LogP contribution in [0.25, 0.3) is 0 Å². The van der Waals surface area contributed by atoms with Crippen molar-refractivity contribution in [1.82, 2.24) is 0 Å². The van der Waals surface area contributed by atoms with Crippen LogP contribution < -0.4 is 0 Å². The molecule has 0 aliphatic heterocycles. The van der Waals surface area contributed by atoms with Gasteiger partial charge in [-0.15, -0.1) is 0 Å². The van der Waals surface area contributed by atoms with Crippen LogP contribution in [0.4, 0.5) is 0 Å². The van der Waals surface area contributed by atoms with Crippen molar-refractivity contribution in [2.45, 2.75) is 97.8 Å². The third-order valence-electron chi connectivity index (χ3n) is 4.49. The van der Waals surface area contributed by atoms with E-state index >= 15 is 0 Å². The van der Waals surface area contributed by atoms with Crippen LogP contribution in [0.15, 0.2) is 0 Å². The summed E-state index contributed by atoms with van der Waals surface area (Å²) in [6.07, 6.45) is 16.6. The Bertz CT molecular complexity index is 144. The number of hydrogen-bond donors (Lipinski definition) is 0. The summed E-state index contributed by atoms with van der Waals surface area (Å²) in [6, 6.07) is 0. The molecular weight excluding hydrogens is 204 g/mol. The summed E-state index contributed by atoms with van der Waals surface area (Å²) in [5.41, 5.74) is 0.619. The molecule has 1 radical (unpaired) electrons. The predicted molar refractivity (Wildman–Crippen MR) is 80.2 cm³/mol. The second-order valence-corrected chi connectivity index (χ2v) is 5.95. The minimum atomic E-state index is 0.619. The molecule has 0 unspecified atom stereocenters. The van der Waals surface area contributed by atoms with Gasteiger partial charge in [0.25, 0.3) is 0 Å². The lowest BCUT2D eigenvalue weighted by atomic mass is 9.80. The lowest BCUT2D eigenvalue weighted by Gasteiger charge is -2.26. The van der Waals surface area contributed by atoms with E-state index in [0.717, 1.165) is 6.42 Å².